The summed E-state index contributed by atoms with van der Waals surface area (Å²) in [5.74, 6) is 0. The molecule has 106 valence electrons. The summed E-state index contributed by atoms with van der Waals surface area (Å²) in [5.41, 5.74) is 0.150. The van der Waals surface area contributed by atoms with E-state index in [9.17, 15) is 5.11 Å². The minimum atomic E-state index is -2.06. The van der Waals surface area contributed by atoms with Crippen molar-refractivity contribution in [2.75, 3.05) is 6.61 Å². The summed E-state index contributed by atoms with van der Waals surface area (Å²) < 4.78 is 0. The van der Waals surface area contributed by atoms with Crippen molar-refractivity contribution in [3.8, 4) is 0 Å². The summed E-state index contributed by atoms with van der Waals surface area (Å²) in [6, 6.07) is 20.6. The van der Waals surface area contributed by atoms with Crippen LogP contribution in [0.25, 0.3) is 0 Å². The number of allylic oxidation sites excluding steroid dienone is 2. The molecule has 0 spiro atoms. The molecule has 0 heterocycles. The lowest BCUT2D eigenvalue weighted by atomic mass is 10.3. The number of hydrogen-bond acceptors (Lipinski definition) is 1. The van der Waals surface area contributed by atoms with Gasteiger partial charge < -0.3 is 5.11 Å². The molecule has 0 bridgehead atoms. The SMILES string of the molecule is [B][P+](c1ccccc1)(c1ccccc1)[C@H](/C=C/C)CCO. The lowest BCUT2D eigenvalue weighted by Crippen LogP contribution is -2.31. The topological polar surface area (TPSA) is 20.2 Å². The first-order chi connectivity index (χ1) is 10.2. The molecule has 3 heteroatoms. The molecule has 0 aliphatic rings. The molecule has 0 unspecified atom stereocenters. The molecule has 1 nitrogen and oxygen atoms in total. The molecule has 1 atom stereocenters. The van der Waals surface area contributed by atoms with Gasteiger partial charge in [0.1, 0.15) is 0 Å². The monoisotopic (exact) mass is 295 g/mol. The van der Waals surface area contributed by atoms with Gasteiger partial charge in [-0.2, -0.15) is 0 Å². The molecule has 0 aromatic heterocycles. The van der Waals surface area contributed by atoms with Crippen molar-refractivity contribution in [2.24, 2.45) is 0 Å². The Balaban J connectivity index is 2.58. The van der Waals surface area contributed by atoms with Crippen molar-refractivity contribution in [3.63, 3.8) is 0 Å². The highest BCUT2D eigenvalue weighted by Gasteiger charge is 2.43. The largest absolute Gasteiger partial charge is 0.396 e. The summed E-state index contributed by atoms with van der Waals surface area (Å²) in [7, 11) is 4.94. The third-order valence-electron chi connectivity index (χ3n) is 3.73. The quantitative estimate of drug-likeness (QED) is 0.493. The first-order valence-corrected chi connectivity index (χ1v) is 9.18. The van der Waals surface area contributed by atoms with Crippen LogP contribution in [0.1, 0.15) is 13.3 Å². The van der Waals surface area contributed by atoms with Crippen LogP contribution in [0.5, 0.6) is 0 Å². The number of rotatable bonds is 6. The molecular weight excluding hydrogens is 274 g/mol. The van der Waals surface area contributed by atoms with Crippen molar-refractivity contribution >= 4 is 25.3 Å². The van der Waals surface area contributed by atoms with Crippen molar-refractivity contribution < 1.29 is 5.11 Å². The van der Waals surface area contributed by atoms with E-state index in [0.29, 0.717) is 6.42 Å². The molecule has 0 aliphatic carbocycles. The average Bonchev–Trinajstić information content (AvgIpc) is 2.55. The third kappa shape index (κ3) is 3.45. The van der Waals surface area contributed by atoms with Gasteiger partial charge in [-0.05, 0) is 37.3 Å². The Morgan fingerprint density at radius 3 is 1.86 bits per heavy atom. The van der Waals surface area contributed by atoms with Crippen LogP contribution in [-0.4, -0.2) is 24.9 Å². The van der Waals surface area contributed by atoms with E-state index in [4.69, 9.17) is 7.57 Å². The predicted octanol–water partition coefficient (Wildman–Crippen LogP) is 3.07. The highest BCUT2D eigenvalue weighted by molar-refractivity contribution is 8.09. The van der Waals surface area contributed by atoms with Crippen LogP contribution in [0.3, 0.4) is 0 Å². The summed E-state index contributed by atoms with van der Waals surface area (Å²) in [6.07, 6.45) is 4.86. The Labute approximate surface area is 129 Å². The first-order valence-electron chi connectivity index (χ1n) is 7.25. The van der Waals surface area contributed by atoms with Crippen molar-refractivity contribution in [3.05, 3.63) is 72.8 Å². The van der Waals surface area contributed by atoms with Gasteiger partial charge in [-0.25, -0.2) is 0 Å². The minimum Gasteiger partial charge on any atom is -0.396 e. The van der Waals surface area contributed by atoms with Crippen molar-refractivity contribution in [2.45, 2.75) is 19.0 Å². The van der Waals surface area contributed by atoms with Crippen LogP contribution >= 0.6 is 7.14 Å². The van der Waals surface area contributed by atoms with E-state index >= 15 is 0 Å². The van der Waals surface area contributed by atoms with Crippen LogP contribution in [0.4, 0.5) is 0 Å². The van der Waals surface area contributed by atoms with Gasteiger partial charge in [0, 0.05) is 20.2 Å². The van der Waals surface area contributed by atoms with Gasteiger partial charge in [0.25, 0.3) is 0 Å². The average molecular weight is 295 g/mol. The highest BCUT2D eigenvalue weighted by Crippen LogP contribution is 2.57. The normalized spacial score (nSPS) is 13.4. The molecule has 0 saturated heterocycles. The zero-order chi connectivity index (χ0) is 15.1. The fourth-order valence-electron chi connectivity index (χ4n) is 2.67. The van der Waals surface area contributed by atoms with E-state index in [0.717, 1.165) is 0 Å². The zero-order valence-corrected chi connectivity index (χ0v) is 13.3. The Kier molecular flexibility index (Phi) is 5.79. The lowest BCUT2D eigenvalue weighted by molar-refractivity contribution is 0.291. The molecule has 2 rings (SSSR count). The molecule has 2 radical (unpaired) electrons. The van der Waals surface area contributed by atoms with E-state index in [1.54, 1.807) is 0 Å². The van der Waals surface area contributed by atoms with Gasteiger partial charge >= 0.3 is 7.57 Å². The summed E-state index contributed by atoms with van der Waals surface area (Å²) in [4.78, 5) is 0. The number of aliphatic hydroxyl groups excluding tert-OH is 1. The fraction of sp³-hybridized carbons (Fsp3) is 0.222. The Morgan fingerprint density at radius 1 is 1.00 bits per heavy atom. The second-order valence-electron chi connectivity index (χ2n) is 5.05. The van der Waals surface area contributed by atoms with Gasteiger partial charge in [0.05, 0.1) is 16.3 Å². The third-order valence-corrected chi connectivity index (χ3v) is 7.51. The molecule has 1 N–H and O–H groups in total. The Bertz CT molecular complexity index is 529. The number of benzene rings is 2. The molecule has 2 aromatic rings. The lowest BCUT2D eigenvalue weighted by Gasteiger charge is -2.30. The molecule has 21 heavy (non-hydrogen) atoms. The van der Waals surface area contributed by atoms with E-state index in [2.05, 4.69) is 30.3 Å². The van der Waals surface area contributed by atoms with Crippen LogP contribution in [0, 0.1) is 0 Å². The smallest absolute Gasteiger partial charge is 0.378 e. The molecule has 0 saturated carbocycles. The van der Waals surface area contributed by atoms with Crippen molar-refractivity contribution in [1.82, 2.24) is 0 Å². The van der Waals surface area contributed by atoms with E-state index in [1.165, 1.54) is 10.6 Å². The first kappa shape index (κ1) is 16.0. The molecule has 0 fully saturated rings. The molecule has 2 aromatic carbocycles. The van der Waals surface area contributed by atoms with Crippen LogP contribution in [0.2, 0.25) is 0 Å². The minimum absolute atomic E-state index is 0.146. The predicted molar refractivity (Wildman–Crippen MR) is 95.1 cm³/mol. The van der Waals surface area contributed by atoms with Crippen LogP contribution in [0.15, 0.2) is 72.8 Å². The number of hydrogen-bond donors (Lipinski definition) is 1. The van der Waals surface area contributed by atoms with E-state index in [1.807, 2.05) is 49.4 Å². The summed E-state index contributed by atoms with van der Waals surface area (Å²) in [5, 5.41) is 11.8. The Morgan fingerprint density at radius 2 is 1.48 bits per heavy atom. The zero-order valence-electron chi connectivity index (χ0n) is 12.4. The van der Waals surface area contributed by atoms with Gasteiger partial charge in [0.2, 0.25) is 0 Å². The maximum atomic E-state index is 9.45. The van der Waals surface area contributed by atoms with Gasteiger partial charge in [-0.15, -0.1) is 0 Å². The second kappa shape index (κ2) is 7.59. The van der Waals surface area contributed by atoms with E-state index < -0.39 is 7.14 Å². The van der Waals surface area contributed by atoms with Crippen molar-refractivity contribution in [1.29, 1.82) is 0 Å². The van der Waals surface area contributed by atoms with Gasteiger partial charge in [-0.1, -0.05) is 42.5 Å². The molecule has 0 aliphatic heterocycles. The maximum absolute atomic E-state index is 9.45. The Hall–Kier alpha value is -1.37. The second-order valence-corrected chi connectivity index (χ2v) is 8.30. The van der Waals surface area contributed by atoms with Gasteiger partial charge in [-0.3, -0.25) is 0 Å². The molecular formula is C18H21BOP+. The van der Waals surface area contributed by atoms with E-state index in [-0.39, 0.29) is 12.3 Å². The number of aliphatic hydroxyl groups is 1. The van der Waals surface area contributed by atoms with Gasteiger partial charge in [0.15, 0.2) is 0 Å². The fourth-order valence-corrected chi connectivity index (χ4v) is 6.03. The highest BCUT2D eigenvalue weighted by atomic mass is 31.2. The standard InChI is InChI=1S/C18H21BOP/c1-2-9-16(14-15-20)21(19,17-10-5-3-6-11-17)18-12-7-4-8-13-18/h2-13,16,20H,14-15H2,1H3/q+1/b9-2+/t16-/m1/s1. The summed E-state index contributed by atoms with van der Waals surface area (Å²) >= 11 is 0. The maximum Gasteiger partial charge on any atom is 0.378 e. The summed E-state index contributed by atoms with van der Waals surface area (Å²) in [6.45, 7) is 2.15. The molecule has 0 amide bonds. The van der Waals surface area contributed by atoms with Crippen LogP contribution < -0.4 is 10.6 Å². The van der Waals surface area contributed by atoms with Crippen LogP contribution in [-0.2, 0) is 0 Å².